The summed E-state index contributed by atoms with van der Waals surface area (Å²) in [6, 6.07) is 9.44. The Hall–Kier alpha value is -2.65. The van der Waals surface area contributed by atoms with Crippen molar-refractivity contribution >= 4 is 5.82 Å². The predicted molar refractivity (Wildman–Crippen MR) is 82.3 cm³/mol. The lowest BCUT2D eigenvalue weighted by Crippen LogP contribution is -2.46. The monoisotopic (exact) mass is 295 g/mol. The number of piperazine rings is 1. The summed E-state index contributed by atoms with van der Waals surface area (Å²) in [5, 5.41) is 18.6. The van der Waals surface area contributed by atoms with E-state index in [0.29, 0.717) is 17.3 Å². The molecule has 0 atom stereocenters. The van der Waals surface area contributed by atoms with E-state index in [0.717, 1.165) is 38.3 Å². The van der Waals surface area contributed by atoms with E-state index in [9.17, 15) is 5.11 Å². The summed E-state index contributed by atoms with van der Waals surface area (Å²) >= 11 is 0. The highest BCUT2D eigenvalue weighted by Gasteiger charge is 2.20. The van der Waals surface area contributed by atoms with Crippen LogP contribution in [0.1, 0.15) is 11.3 Å². The van der Waals surface area contributed by atoms with Gasteiger partial charge in [-0.1, -0.05) is 12.1 Å². The van der Waals surface area contributed by atoms with E-state index in [2.05, 4.69) is 25.8 Å². The van der Waals surface area contributed by atoms with E-state index in [-0.39, 0.29) is 0 Å². The zero-order valence-corrected chi connectivity index (χ0v) is 12.2. The minimum Gasteiger partial charge on any atom is -0.508 e. The Morgan fingerprint density at radius 2 is 1.91 bits per heavy atom. The summed E-state index contributed by atoms with van der Waals surface area (Å²) in [4.78, 5) is 12.8. The fraction of sp³-hybridized carbons (Fsp3) is 0.312. The molecule has 0 radical (unpaired) electrons. The Bertz CT molecular complexity index is 689. The molecular formula is C16H17N5O. The average Bonchev–Trinajstić information content (AvgIpc) is 2.56. The first-order valence-electron chi connectivity index (χ1n) is 7.22. The standard InChI is InChI=1S/C16H17N5O/c17-11-15-16(19-5-4-18-15)21-8-6-20(7-9-21)12-13-2-1-3-14(22)10-13/h1-5,10,22H,6-9,12H2. The summed E-state index contributed by atoms with van der Waals surface area (Å²) in [7, 11) is 0. The summed E-state index contributed by atoms with van der Waals surface area (Å²) in [5.41, 5.74) is 1.48. The number of hydrogen-bond donors (Lipinski definition) is 1. The van der Waals surface area contributed by atoms with Gasteiger partial charge in [0.2, 0.25) is 0 Å². The smallest absolute Gasteiger partial charge is 0.183 e. The van der Waals surface area contributed by atoms with Gasteiger partial charge in [0.1, 0.15) is 11.8 Å². The minimum absolute atomic E-state index is 0.300. The topological polar surface area (TPSA) is 76.3 Å². The van der Waals surface area contributed by atoms with E-state index in [1.54, 1.807) is 24.5 Å². The van der Waals surface area contributed by atoms with Gasteiger partial charge in [-0.25, -0.2) is 9.97 Å². The van der Waals surface area contributed by atoms with Crippen LogP contribution < -0.4 is 4.90 Å². The van der Waals surface area contributed by atoms with Crippen LogP contribution in [0.3, 0.4) is 0 Å². The van der Waals surface area contributed by atoms with E-state index >= 15 is 0 Å². The van der Waals surface area contributed by atoms with Crippen molar-refractivity contribution in [2.45, 2.75) is 6.54 Å². The van der Waals surface area contributed by atoms with Crippen LogP contribution in [0.5, 0.6) is 5.75 Å². The molecule has 0 aliphatic carbocycles. The maximum absolute atomic E-state index is 9.52. The highest BCUT2D eigenvalue weighted by molar-refractivity contribution is 5.49. The minimum atomic E-state index is 0.300. The van der Waals surface area contributed by atoms with Crippen molar-refractivity contribution in [3.63, 3.8) is 0 Å². The third kappa shape index (κ3) is 3.15. The Morgan fingerprint density at radius 1 is 1.14 bits per heavy atom. The number of nitriles is 1. The molecule has 112 valence electrons. The highest BCUT2D eigenvalue weighted by Crippen LogP contribution is 2.18. The summed E-state index contributed by atoms with van der Waals surface area (Å²) in [5.74, 6) is 0.969. The molecule has 6 nitrogen and oxygen atoms in total. The number of hydrogen-bond acceptors (Lipinski definition) is 6. The van der Waals surface area contributed by atoms with Crippen molar-refractivity contribution < 1.29 is 5.11 Å². The van der Waals surface area contributed by atoms with Gasteiger partial charge >= 0.3 is 0 Å². The molecule has 1 fully saturated rings. The third-order valence-corrected chi connectivity index (χ3v) is 3.77. The second-order valence-corrected chi connectivity index (χ2v) is 5.27. The molecule has 1 N–H and O–H groups in total. The number of phenolic OH excluding ortho intramolecular Hbond substituents is 1. The van der Waals surface area contributed by atoms with E-state index in [1.807, 2.05) is 12.1 Å². The molecule has 1 aromatic carbocycles. The molecular weight excluding hydrogens is 278 g/mol. The summed E-state index contributed by atoms with van der Waals surface area (Å²) in [6.07, 6.45) is 3.16. The summed E-state index contributed by atoms with van der Waals surface area (Å²) < 4.78 is 0. The molecule has 2 aromatic rings. The molecule has 6 heteroatoms. The van der Waals surface area contributed by atoms with Crippen LogP contribution in [-0.2, 0) is 6.54 Å². The lowest BCUT2D eigenvalue weighted by Gasteiger charge is -2.35. The normalized spacial score (nSPS) is 15.5. The first kappa shape index (κ1) is 14.3. The second-order valence-electron chi connectivity index (χ2n) is 5.27. The van der Waals surface area contributed by atoms with Gasteiger partial charge in [-0.05, 0) is 17.7 Å². The number of aromatic nitrogens is 2. The van der Waals surface area contributed by atoms with Crippen molar-refractivity contribution in [3.05, 3.63) is 47.9 Å². The molecule has 0 saturated carbocycles. The van der Waals surface area contributed by atoms with Crippen molar-refractivity contribution in [1.29, 1.82) is 5.26 Å². The van der Waals surface area contributed by atoms with Crippen LogP contribution in [0.2, 0.25) is 0 Å². The lowest BCUT2D eigenvalue weighted by molar-refractivity contribution is 0.249. The second kappa shape index (κ2) is 6.41. The SMILES string of the molecule is N#Cc1nccnc1N1CCN(Cc2cccc(O)c2)CC1. The molecule has 0 amide bonds. The maximum Gasteiger partial charge on any atom is 0.183 e. The molecule has 0 bridgehead atoms. The molecule has 0 spiro atoms. The third-order valence-electron chi connectivity index (χ3n) is 3.77. The largest absolute Gasteiger partial charge is 0.508 e. The van der Waals surface area contributed by atoms with Crippen LogP contribution in [0.25, 0.3) is 0 Å². The van der Waals surface area contributed by atoms with Gasteiger partial charge in [-0.3, -0.25) is 4.90 Å². The highest BCUT2D eigenvalue weighted by atomic mass is 16.3. The lowest BCUT2D eigenvalue weighted by atomic mass is 10.2. The zero-order chi connectivity index (χ0) is 15.4. The van der Waals surface area contributed by atoms with Gasteiger partial charge in [0, 0.05) is 45.1 Å². The number of nitrogens with zero attached hydrogens (tertiary/aromatic N) is 5. The van der Waals surface area contributed by atoms with E-state index in [1.165, 1.54) is 0 Å². The number of phenols is 1. The molecule has 1 aliphatic rings. The Morgan fingerprint density at radius 3 is 2.64 bits per heavy atom. The molecule has 1 aliphatic heterocycles. The predicted octanol–water partition coefficient (Wildman–Crippen LogP) is 1.38. The Balaban J connectivity index is 1.62. The van der Waals surface area contributed by atoms with Gasteiger partial charge in [-0.2, -0.15) is 5.26 Å². The van der Waals surface area contributed by atoms with Crippen LogP contribution >= 0.6 is 0 Å². The summed E-state index contributed by atoms with van der Waals surface area (Å²) in [6.45, 7) is 4.21. The average molecular weight is 295 g/mol. The Labute approximate surface area is 129 Å². The number of rotatable bonds is 3. The Kier molecular flexibility index (Phi) is 4.17. The molecule has 0 unspecified atom stereocenters. The van der Waals surface area contributed by atoms with Crippen molar-refractivity contribution in [2.24, 2.45) is 0 Å². The molecule has 3 rings (SSSR count). The van der Waals surface area contributed by atoms with Crippen LogP contribution in [0.15, 0.2) is 36.7 Å². The van der Waals surface area contributed by atoms with Gasteiger partial charge in [0.05, 0.1) is 0 Å². The fourth-order valence-electron chi connectivity index (χ4n) is 2.67. The fourth-order valence-corrected chi connectivity index (χ4v) is 2.67. The number of aromatic hydroxyl groups is 1. The van der Waals surface area contributed by atoms with Crippen molar-refractivity contribution in [3.8, 4) is 11.8 Å². The maximum atomic E-state index is 9.52. The number of benzene rings is 1. The quantitative estimate of drug-likeness (QED) is 0.922. The van der Waals surface area contributed by atoms with E-state index < -0.39 is 0 Å². The van der Waals surface area contributed by atoms with Crippen LogP contribution in [0, 0.1) is 11.3 Å². The first-order valence-corrected chi connectivity index (χ1v) is 7.22. The molecule has 1 aromatic heterocycles. The molecule has 1 saturated heterocycles. The van der Waals surface area contributed by atoms with Crippen molar-refractivity contribution in [2.75, 3.05) is 31.1 Å². The van der Waals surface area contributed by atoms with E-state index in [4.69, 9.17) is 5.26 Å². The van der Waals surface area contributed by atoms with Crippen molar-refractivity contribution in [1.82, 2.24) is 14.9 Å². The van der Waals surface area contributed by atoms with Gasteiger partial charge in [0.15, 0.2) is 11.5 Å². The van der Waals surface area contributed by atoms with Crippen LogP contribution in [-0.4, -0.2) is 46.2 Å². The van der Waals surface area contributed by atoms with Gasteiger partial charge in [-0.15, -0.1) is 0 Å². The van der Waals surface area contributed by atoms with Crippen LogP contribution in [0.4, 0.5) is 5.82 Å². The zero-order valence-electron chi connectivity index (χ0n) is 12.2. The first-order chi connectivity index (χ1) is 10.8. The molecule has 2 heterocycles. The number of anilines is 1. The van der Waals surface area contributed by atoms with Gasteiger partial charge in [0.25, 0.3) is 0 Å². The van der Waals surface area contributed by atoms with Gasteiger partial charge < -0.3 is 10.0 Å². The molecule has 22 heavy (non-hydrogen) atoms.